The summed E-state index contributed by atoms with van der Waals surface area (Å²) < 4.78 is 23.1. The highest BCUT2D eigenvalue weighted by Crippen LogP contribution is 2.48. The molecule has 0 N–H and O–H groups in total. The Labute approximate surface area is 253 Å². The average Bonchev–Trinajstić information content (AvgIpc) is 3.23. The first-order chi connectivity index (χ1) is 20.9. The number of rotatable bonds is 8. The molecule has 1 aromatic heterocycles. The van der Waals surface area contributed by atoms with Gasteiger partial charge in [0, 0.05) is 33.6 Å². The van der Waals surface area contributed by atoms with Crippen LogP contribution in [0.4, 0.5) is 5.69 Å². The summed E-state index contributed by atoms with van der Waals surface area (Å²) >= 11 is 1.70. The standard InChI is InChI=1S/C35H29NO6S/c1-21-17-33(38)42-35-24(21)14-16-29(41-20-27(37)22-9-5-4-6-10-22)34(35)26-19-32(43-31-12-8-7-11-25(31)36-26)23-13-15-28(39-2)30(18-23)40-3/h4-18,32H,19-20H2,1-3H3. The molecular formula is C35H29NO6S. The van der Waals surface area contributed by atoms with E-state index < -0.39 is 5.63 Å². The second kappa shape index (κ2) is 12.2. The van der Waals surface area contributed by atoms with Crippen LogP contribution in [0.2, 0.25) is 0 Å². The third kappa shape index (κ3) is 5.79. The highest BCUT2D eigenvalue weighted by Gasteiger charge is 2.28. The zero-order chi connectivity index (χ0) is 29.9. The molecule has 2 heterocycles. The van der Waals surface area contributed by atoms with E-state index >= 15 is 0 Å². The lowest BCUT2D eigenvalue weighted by atomic mass is 9.97. The molecular weight excluding hydrogens is 562 g/mol. The molecule has 0 spiro atoms. The lowest BCUT2D eigenvalue weighted by Crippen LogP contribution is -2.15. The first-order valence-electron chi connectivity index (χ1n) is 13.8. The number of methoxy groups -OCH3 is 2. The minimum atomic E-state index is -0.468. The molecule has 8 heteroatoms. The molecule has 1 aliphatic heterocycles. The Morgan fingerprint density at radius 1 is 0.907 bits per heavy atom. The number of benzene rings is 4. The molecule has 0 fully saturated rings. The van der Waals surface area contributed by atoms with Crippen LogP contribution in [-0.4, -0.2) is 32.3 Å². The molecule has 5 aromatic rings. The van der Waals surface area contributed by atoms with Crippen LogP contribution in [0.1, 0.15) is 38.7 Å². The first kappa shape index (κ1) is 28.3. The first-order valence-corrected chi connectivity index (χ1v) is 14.7. The molecule has 4 aromatic carbocycles. The summed E-state index contributed by atoms with van der Waals surface area (Å²) in [6, 6.07) is 28.0. The Morgan fingerprint density at radius 3 is 2.44 bits per heavy atom. The second-order valence-corrected chi connectivity index (χ2v) is 11.3. The fraction of sp³-hybridized carbons (Fsp3) is 0.171. The maximum atomic E-state index is 13.0. The van der Waals surface area contributed by atoms with Gasteiger partial charge < -0.3 is 18.6 Å². The fourth-order valence-electron chi connectivity index (χ4n) is 5.22. The quantitative estimate of drug-likeness (QED) is 0.135. The number of carbonyl (C=O) groups is 1. The minimum Gasteiger partial charge on any atom is -0.493 e. The van der Waals surface area contributed by atoms with Crippen LogP contribution >= 0.6 is 11.8 Å². The summed E-state index contributed by atoms with van der Waals surface area (Å²) in [5, 5.41) is 0.694. The van der Waals surface area contributed by atoms with Gasteiger partial charge in [0.15, 0.2) is 29.5 Å². The summed E-state index contributed by atoms with van der Waals surface area (Å²) in [6.07, 6.45) is 0.481. The van der Waals surface area contributed by atoms with Gasteiger partial charge in [-0.25, -0.2) is 4.79 Å². The van der Waals surface area contributed by atoms with Gasteiger partial charge in [-0.05, 0) is 54.4 Å². The molecule has 1 atom stereocenters. The Hall–Kier alpha value is -4.82. The van der Waals surface area contributed by atoms with Crippen LogP contribution < -0.4 is 19.8 Å². The third-order valence-electron chi connectivity index (χ3n) is 7.37. The summed E-state index contributed by atoms with van der Waals surface area (Å²) in [4.78, 5) is 31.8. The van der Waals surface area contributed by atoms with Crippen molar-refractivity contribution in [3.8, 4) is 17.2 Å². The maximum Gasteiger partial charge on any atom is 0.336 e. The van der Waals surface area contributed by atoms with E-state index in [1.165, 1.54) is 6.07 Å². The van der Waals surface area contributed by atoms with E-state index in [1.807, 2.05) is 79.7 Å². The number of aryl methyl sites for hydroxylation is 1. The highest BCUT2D eigenvalue weighted by atomic mass is 32.2. The number of ketones is 1. The van der Waals surface area contributed by atoms with Gasteiger partial charge in [0.2, 0.25) is 0 Å². The van der Waals surface area contributed by atoms with Gasteiger partial charge in [-0.15, -0.1) is 11.8 Å². The molecule has 6 rings (SSSR count). The number of ether oxygens (including phenoxy) is 3. The summed E-state index contributed by atoms with van der Waals surface area (Å²) in [5.74, 6) is 1.53. The van der Waals surface area contributed by atoms with Crippen molar-refractivity contribution in [2.24, 2.45) is 4.99 Å². The summed E-state index contributed by atoms with van der Waals surface area (Å²) in [7, 11) is 3.23. The van der Waals surface area contributed by atoms with Gasteiger partial charge in [0.1, 0.15) is 5.75 Å². The van der Waals surface area contributed by atoms with Crippen LogP contribution in [0.25, 0.3) is 11.0 Å². The van der Waals surface area contributed by atoms with Gasteiger partial charge in [0.05, 0.1) is 31.2 Å². The van der Waals surface area contributed by atoms with Gasteiger partial charge >= 0.3 is 5.63 Å². The molecule has 7 nitrogen and oxygen atoms in total. The van der Waals surface area contributed by atoms with Crippen LogP contribution in [0.15, 0.2) is 110 Å². The number of para-hydroxylation sites is 1. The van der Waals surface area contributed by atoms with E-state index in [-0.39, 0.29) is 17.6 Å². The number of fused-ring (bicyclic) bond motifs is 2. The van der Waals surface area contributed by atoms with Crippen molar-refractivity contribution in [2.45, 2.75) is 23.5 Å². The Balaban J connectivity index is 1.50. The number of aliphatic imine (C=N–C) groups is 1. The van der Waals surface area contributed by atoms with Crippen LogP contribution in [0, 0.1) is 6.92 Å². The number of hydrogen-bond acceptors (Lipinski definition) is 8. The molecule has 1 aliphatic rings. The van der Waals surface area contributed by atoms with Gasteiger partial charge in [0.25, 0.3) is 0 Å². The maximum absolute atomic E-state index is 13.0. The monoisotopic (exact) mass is 591 g/mol. The number of thioether (sulfide) groups is 1. The van der Waals surface area contributed by atoms with Crippen molar-refractivity contribution in [3.63, 3.8) is 0 Å². The van der Waals surface area contributed by atoms with E-state index in [1.54, 1.807) is 38.1 Å². The predicted molar refractivity (Wildman–Crippen MR) is 169 cm³/mol. The van der Waals surface area contributed by atoms with Crippen molar-refractivity contribution in [1.82, 2.24) is 0 Å². The van der Waals surface area contributed by atoms with Crippen molar-refractivity contribution >= 4 is 39.9 Å². The highest BCUT2D eigenvalue weighted by molar-refractivity contribution is 7.99. The predicted octanol–water partition coefficient (Wildman–Crippen LogP) is 7.74. The fourth-order valence-corrected chi connectivity index (χ4v) is 6.44. The lowest BCUT2D eigenvalue weighted by molar-refractivity contribution is 0.0921. The topological polar surface area (TPSA) is 87.3 Å². The zero-order valence-electron chi connectivity index (χ0n) is 24.0. The van der Waals surface area contributed by atoms with Crippen LogP contribution in [0.3, 0.4) is 0 Å². The minimum absolute atomic E-state index is 0.0761. The largest absolute Gasteiger partial charge is 0.493 e. The number of Topliss-reactive ketones (excluding diaryl/α,β-unsaturated/α-hetero) is 1. The Bertz CT molecular complexity index is 1910. The van der Waals surface area contributed by atoms with E-state index in [4.69, 9.17) is 23.6 Å². The molecule has 43 heavy (non-hydrogen) atoms. The average molecular weight is 592 g/mol. The van der Waals surface area contributed by atoms with Crippen LogP contribution in [-0.2, 0) is 0 Å². The molecule has 0 saturated heterocycles. The van der Waals surface area contributed by atoms with Crippen molar-refractivity contribution in [2.75, 3.05) is 20.8 Å². The SMILES string of the molecule is COc1ccc(C2CC(c3c(OCC(=O)c4ccccc4)ccc4c(C)cc(=O)oc34)=Nc3ccccc3S2)cc1OC. The summed E-state index contributed by atoms with van der Waals surface area (Å²) in [5.41, 5.74) is 4.29. The van der Waals surface area contributed by atoms with E-state index in [0.29, 0.717) is 46.1 Å². The van der Waals surface area contributed by atoms with Gasteiger partial charge in [-0.3, -0.25) is 9.79 Å². The zero-order valence-corrected chi connectivity index (χ0v) is 24.8. The Morgan fingerprint density at radius 2 is 1.65 bits per heavy atom. The van der Waals surface area contributed by atoms with Gasteiger partial charge in [-0.1, -0.05) is 48.5 Å². The normalized spacial score (nSPS) is 14.4. The number of carbonyl (C=O) groups excluding carboxylic acids is 1. The van der Waals surface area contributed by atoms with Crippen molar-refractivity contribution < 1.29 is 23.4 Å². The second-order valence-electron chi connectivity index (χ2n) is 10.1. The molecule has 0 amide bonds. The smallest absolute Gasteiger partial charge is 0.336 e. The summed E-state index contributed by atoms with van der Waals surface area (Å²) in [6.45, 7) is 1.69. The van der Waals surface area contributed by atoms with Crippen LogP contribution in [0.5, 0.6) is 17.2 Å². The van der Waals surface area contributed by atoms with E-state index in [0.717, 1.165) is 27.1 Å². The molecule has 0 radical (unpaired) electrons. The third-order valence-corrected chi connectivity index (χ3v) is 8.69. The molecule has 0 aliphatic carbocycles. The van der Waals surface area contributed by atoms with Gasteiger partial charge in [-0.2, -0.15) is 0 Å². The van der Waals surface area contributed by atoms with E-state index in [2.05, 4.69) is 0 Å². The number of nitrogens with zero attached hydrogens (tertiary/aromatic N) is 1. The number of hydrogen-bond donors (Lipinski definition) is 0. The lowest BCUT2D eigenvalue weighted by Gasteiger charge is -2.20. The molecule has 1 unspecified atom stereocenters. The molecule has 0 bridgehead atoms. The molecule has 0 saturated carbocycles. The molecule has 216 valence electrons. The van der Waals surface area contributed by atoms with Crippen molar-refractivity contribution in [1.29, 1.82) is 0 Å². The van der Waals surface area contributed by atoms with E-state index in [9.17, 15) is 9.59 Å². The Kier molecular flexibility index (Phi) is 8.03. The van der Waals surface area contributed by atoms with Crippen molar-refractivity contribution in [3.05, 3.63) is 124 Å².